The number of hydrazone groups is 1. The highest BCUT2D eigenvalue weighted by Crippen LogP contribution is 2.34. The minimum atomic E-state index is -0.779. The predicted octanol–water partition coefficient (Wildman–Crippen LogP) is 5.30. The van der Waals surface area contributed by atoms with Gasteiger partial charge in [0.2, 0.25) is 0 Å². The van der Waals surface area contributed by atoms with Crippen LogP contribution in [0, 0.1) is 0 Å². The van der Waals surface area contributed by atoms with Crippen molar-refractivity contribution in [2.45, 2.75) is 26.5 Å². The molecule has 1 aliphatic rings. The molecule has 3 aromatic carbocycles. The third-order valence-electron chi connectivity index (χ3n) is 6.35. The third kappa shape index (κ3) is 8.21. The van der Waals surface area contributed by atoms with Crippen LogP contribution in [-0.2, 0) is 20.9 Å². The SMILES string of the molecule is CCOC(=O)C1=C(C)NC(=O)N[C@@H]1c1ccc(OCC(=O)N/N=C/c2ccccc2OCc2ccc(Cl)cc2Cl)c(OC)c1. The summed E-state index contributed by atoms with van der Waals surface area (Å²) in [5, 5.41) is 10.4. The summed E-state index contributed by atoms with van der Waals surface area (Å²) in [7, 11) is 1.44. The van der Waals surface area contributed by atoms with Crippen molar-refractivity contribution in [1.82, 2.24) is 16.1 Å². The molecule has 0 aromatic heterocycles. The topological polar surface area (TPSA) is 137 Å². The lowest BCUT2D eigenvalue weighted by Gasteiger charge is -2.28. The van der Waals surface area contributed by atoms with Gasteiger partial charge >= 0.3 is 12.0 Å². The second-order valence-corrected chi connectivity index (χ2v) is 10.2. The molecule has 4 rings (SSSR count). The van der Waals surface area contributed by atoms with E-state index in [0.717, 1.165) is 5.56 Å². The number of nitrogens with zero attached hydrogens (tertiary/aromatic N) is 1. The molecule has 3 N–H and O–H groups in total. The van der Waals surface area contributed by atoms with Crippen molar-refractivity contribution in [3.63, 3.8) is 0 Å². The van der Waals surface area contributed by atoms with Crippen molar-refractivity contribution in [1.29, 1.82) is 0 Å². The summed E-state index contributed by atoms with van der Waals surface area (Å²) in [6.45, 7) is 3.35. The van der Waals surface area contributed by atoms with Crippen LogP contribution in [0.3, 0.4) is 0 Å². The molecule has 1 heterocycles. The summed E-state index contributed by atoms with van der Waals surface area (Å²) in [6, 6.07) is 16.0. The number of carbonyl (C=O) groups excluding carboxylic acids is 3. The van der Waals surface area contributed by atoms with Gasteiger partial charge in [-0.25, -0.2) is 15.0 Å². The number of methoxy groups -OCH3 is 1. The van der Waals surface area contributed by atoms with E-state index in [1.54, 1.807) is 62.4 Å². The van der Waals surface area contributed by atoms with E-state index in [0.29, 0.717) is 38.4 Å². The Bertz CT molecular complexity index is 1610. The molecular weight excluding hydrogens is 611 g/mol. The zero-order valence-electron chi connectivity index (χ0n) is 24.1. The van der Waals surface area contributed by atoms with Crippen molar-refractivity contribution >= 4 is 47.3 Å². The number of esters is 1. The van der Waals surface area contributed by atoms with Crippen molar-refractivity contribution in [2.24, 2.45) is 5.10 Å². The highest BCUT2D eigenvalue weighted by molar-refractivity contribution is 6.35. The lowest BCUT2D eigenvalue weighted by atomic mass is 9.95. The molecule has 0 bridgehead atoms. The fourth-order valence-corrected chi connectivity index (χ4v) is 4.73. The average molecular weight is 642 g/mol. The van der Waals surface area contributed by atoms with Crippen LogP contribution in [0.15, 0.2) is 77.0 Å². The standard InChI is InChI=1S/C31H30Cl2N4O7/c1-4-42-30(39)28-18(2)35-31(40)36-29(28)19-10-12-25(26(13-19)41-3)44-17-27(38)37-34-15-20-7-5-6-8-24(20)43-16-21-9-11-22(32)14-23(21)33/h5-15,29H,4,16-17H2,1-3H3,(H,37,38)(H2,35,36,40)/b34-15+/t29-/m1/s1. The summed E-state index contributed by atoms with van der Waals surface area (Å²) in [5.41, 5.74) is 5.02. The molecule has 11 nitrogen and oxygen atoms in total. The Hall–Kier alpha value is -4.74. The fourth-order valence-electron chi connectivity index (χ4n) is 4.27. The molecular formula is C31H30Cl2N4O7. The Kier molecular flexibility index (Phi) is 11.1. The van der Waals surface area contributed by atoms with E-state index in [9.17, 15) is 14.4 Å². The maximum Gasteiger partial charge on any atom is 0.338 e. The normalized spacial score (nSPS) is 14.5. The Morgan fingerprint density at radius 2 is 1.82 bits per heavy atom. The molecule has 13 heteroatoms. The van der Waals surface area contributed by atoms with E-state index in [-0.39, 0.29) is 31.1 Å². The number of hydrogen-bond donors (Lipinski definition) is 3. The first-order valence-corrected chi connectivity index (χ1v) is 14.2. The quantitative estimate of drug-likeness (QED) is 0.139. The number of halogens is 2. The monoisotopic (exact) mass is 640 g/mol. The molecule has 0 spiro atoms. The number of allylic oxidation sites excluding steroid dienone is 1. The number of carbonyl (C=O) groups is 3. The number of hydrogen-bond acceptors (Lipinski definition) is 8. The lowest BCUT2D eigenvalue weighted by Crippen LogP contribution is -2.45. The average Bonchev–Trinajstić information content (AvgIpc) is 2.99. The molecule has 1 atom stereocenters. The number of benzene rings is 3. The van der Waals surface area contributed by atoms with Crippen LogP contribution in [0.1, 0.15) is 36.6 Å². The molecule has 0 saturated heterocycles. The minimum Gasteiger partial charge on any atom is -0.493 e. The minimum absolute atomic E-state index is 0.179. The molecule has 0 fully saturated rings. The molecule has 44 heavy (non-hydrogen) atoms. The molecule has 0 unspecified atom stereocenters. The molecule has 0 saturated carbocycles. The van der Waals surface area contributed by atoms with Gasteiger partial charge in [0, 0.05) is 26.9 Å². The van der Waals surface area contributed by atoms with E-state index < -0.39 is 23.9 Å². The maximum absolute atomic E-state index is 12.6. The Balaban J connectivity index is 1.37. The zero-order valence-corrected chi connectivity index (χ0v) is 25.6. The first kappa shape index (κ1) is 32.2. The van der Waals surface area contributed by atoms with Crippen LogP contribution < -0.4 is 30.3 Å². The third-order valence-corrected chi connectivity index (χ3v) is 6.94. The van der Waals surface area contributed by atoms with Crippen LogP contribution in [0.4, 0.5) is 4.79 Å². The highest BCUT2D eigenvalue weighted by Gasteiger charge is 2.32. The number of amides is 3. The van der Waals surface area contributed by atoms with E-state index in [1.807, 2.05) is 12.1 Å². The van der Waals surface area contributed by atoms with Gasteiger partial charge in [-0.1, -0.05) is 47.5 Å². The van der Waals surface area contributed by atoms with E-state index >= 15 is 0 Å². The Labute approximate surface area is 264 Å². The lowest BCUT2D eigenvalue weighted by molar-refractivity contribution is -0.139. The molecule has 230 valence electrons. The number of nitrogens with one attached hydrogen (secondary N) is 3. The maximum atomic E-state index is 12.6. The van der Waals surface area contributed by atoms with Crippen molar-refractivity contribution in [3.05, 3.63) is 98.7 Å². The van der Waals surface area contributed by atoms with Gasteiger partial charge in [0.25, 0.3) is 5.91 Å². The van der Waals surface area contributed by atoms with Gasteiger partial charge in [-0.15, -0.1) is 0 Å². The number of ether oxygens (including phenoxy) is 4. The summed E-state index contributed by atoms with van der Waals surface area (Å²) >= 11 is 12.2. The Morgan fingerprint density at radius 3 is 2.57 bits per heavy atom. The van der Waals surface area contributed by atoms with Crippen LogP contribution in [0.2, 0.25) is 10.0 Å². The second-order valence-electron chi connectivity index (χ2n) is 9.35. The summed E-state index contributed by atoms with van der Waals surface area (Å²) < 4.78 is 22.2. The number of para-hydroxylation sites is 1. The highest BCUT2D eigenvalue weighted by atomic mass is 35.5. The molecule has 0 aliphatic carbocycles. The summed E-state index contributed by atoms with van der Waals surface area (Å²) in [5.74, 6) is 0.0262. The molecule has 0 radical (unpaired) electrons. The van der Waals surface area contributed by atoms with Crippen molar-refractivity contribution in [2.75, 3.05) is 20.3 Å². The zero-order chi connectivity index (χ0) is 31.6. The fraction of sp³-hybridized carbons (Fsp3) is 0.226. The van der Waals surface area contributed by atoms with E-state index in [2.05, 4.69) is 21.2 Å². The smallest absolute Gasteiger partial charge is 0.338 e. The van der Waals surface area contributed by atoms with Crippen LogP contribution in [0.25, 0.3) is 0 Å². The number of urea groups is 1. The molecule has 3 aromatic rings. The van der Waals surface area contributed by atoms with Crippen LogP contribution in [-0.4, -0.2) is 44.4 Å². The predicted molar refractivity (Wildman–Crippen MR) is 165 cm³/mol. The summed E-state index contributed by atoms with van der Waals surface area (Å²) in [4.78, 5) is 37.2. The van der Waals surface area contributed by atoms with Gasteiger partial charge in [-0.05, 0) is 55.8 Å². The van der Waals surface area contributed by atoms with Gasteiger partial charge in [-0.3, -0.25) is 4.79 Å². The first-order valence-electron chi connectivity index (χ1n) is 13.4. The van der Waals surface area contributed by atoms with E-state index in [1.165, 1.54) is 13.3 Å². The first-order chi connectivity index (χ1) is 21.2. The summed E-state index contributed by atoms with van der Waals surface area (Å²) in [6.07, 6.45) is 1.45. The van der Waals surface area contributed by atoms with Crippen LogP contribution in [0.5, 0.6) is 17.2 Å². The van der Waals surface area contributed by atoms with Gasteiger partial charge in [0.15, 0.2) is 18.1 Å². The molecule has 3 amide bonds. The largest absolute Gasteiger partial charge is 0.493 e. The van der Waals surface area contributed by atoms with Gasteiger partial charge < -0.3 is 29.6 Å². The van der Waals surface area contributed by atoms with Crippen molar-refractivity contribution < 1.29 is 33.3 Å². The number of rotatable bonds is 12. The molecule has 1 aliphatic heterocycles. The Morgan fingerprint density at radius 1 is 1.02 bits per heavy atom. The van der Waals surface area contributed by atoms with Crippen LogP contribution >= 0.6 is 23.2 Å². The van der Waals surface area contributed by atoms with Crippen molar-refractivity contribution in [3.8, 4) is 17.2 Å². The van der Waals surface area contributed by atoms with Gasteiger partial charge in [0.1, 0.15) is 12.4 Å². The van der Waals surface area contributed by atoms with Gasteiger partial charge in [0.05, 0.1) is 31.5 Å². The van der Waals surface area contributed by atoms with Gasteiger partial charge in [-0.2, -0.15) is 5.10 Å². The second kappa shape index (κ2) is 15.1. The van der Waals surface area contributed by atoms with E-state index in [4.69, 9.17) is 42.1 Å².